The Morgan fingerprint density at radius 1 is 1.33 bits per heavy atom. The lowest BCUT2D eigenvalue weighted by atomic mass is 10.2. The third-order valence-electron chi connectivity index (χ3n) is 2.31. The average Bonchev–Trinajstić information content (AvgIpc) is 2.79. The van der Waals surface area contributed by atoms with E-state index >= 15 is 0 Å². The van der Waals surface area contributed by atoms with E-state index in [1.165, 1.54) is 18.3 Å². The van der Waals surface area contributed by atoms with E-state index in [1.54, 1.807) is 12.3 Å². The van der Waals surface area contributed by atoms with Crippen LogP contribution in [0.4, 0.5) is 18.3 Å². The molecule has 0 unspecified atom stereocenters. The van der Waals surface area contributed by atoms with Crippen LogP contribution in [0, 0.1) is 6.92 Å². The molecule has 11 heteroatoms. The van der Waals surface area contributed by atoms with Crippen molar-refractivity contribution in [1.82, 2.24) is 9.97 Å². The van der Waals surface area contributed by atoms with Gasteiger partial charge >= 0.3 is 12.1 Å². The number of hydrogen-bond acceptors (Lipinski definition) is 5. The number of hydrogen-bond donors (Lipinski definition) is 2. The summed E-state index contributed by atoms with van der Waals surface area (Å²) >= 11 is 7.15. The first-order valence-electron chi connectivity index (χ1n) is 6.17. The highest BCUT2D eigenvalue weighted by Gasteiger charge is 2.38. The van der Waals surface area contributed by atoms with E-state index in [1.807, 2.05) is 13.0 Å². The van der Waals surface area contributed by atoms with Gasteiger partial charge in [0, 0.05) is 18.7 Å². The number of rotatable bonds is 2. The van der Waals surface area contributed by atoms with Crippen molar-refractivity contribution in [3.05, 3.63) is 29.2 Å². The average molecular weight is 382 g/mol. The Morgan fingerprint density at radius 3 is 2.33 bits per heavy atom. The van der Waals surface area contributed by atoms with Crippen LogP contribution in [-0.4, -0.2) is 33.1 Å². The van der Waals surface area contributed by atoms with Crippen LogP contribution in [0.15, 0.2) is 18.3 Å². The molecule has 0 spiro atoms. The predicted octanol–water partition coefficient (Wildman–Crippen LogP) is 3.76. The summed E-state index contributed by atoms with van der Waals surface area (Å²) in [5.74, 6) is -2.88. The molecule has 130 valence electrons. The Morgan fingerprint density at radius 2 is 1.92 bits per heavy atom. The summed E-state index contributed by atoms with van der Waals surface area (Å²) in [6, 6.07) is 3.61. The van der Waals surface area contributed by atoms with Crippen molar-refractivity contribution in [2.45, 2.75) is 20.0 Å². The second-order valence-electron chi connectivity index (χ2n) is 4.29. The van der Waals surface area contributed by atoms with Gasteiger partial charge in [0.1, 0.15) is 5.15 Å². The van der Waals surface area contributed by atoms with E-state index < -0.39 is 12.1 Å². The number of alkyl halides is 3. The topological polar surface area (TPSA) is 92.2 Å². The number of amides is 1. The monoisotopic (exact) mass is 381 g/mol. The van der Waals surface area contributed by atoms with Gasteiger partial charge in [-0.1, -0.05) is 22.9 Å². The second-order valence-corrected chi connectivity index (χ2v) is 5.67. The van der Waals surface area contributed by atoms with Gasteiger partial charge in [-0.25, -0.2) is 14.8 Å². The first kappa shape index (κ1) is 19.8. The largest absolute Gasteiger partial charge is 0.490 e. The molecular formula is C13H11ClF3N3O3S. The number of nitrogens with zero attached hydrogens (tertiary/aromatic N) is 2. The fraction of sp³-hybridized carbons (Fsp3) is 0.231. The molecular weight excluding hydrogens is 371 g/mol. The molecule has 2 N–H and O–H groups in total. The summed E-state index contributed by atoms with van der Waals surface area (Å²) in [6.45, 7) is 3.35. The number of halogens is 4. The quantitative estimate of drug-likeness (QED) is 0.773. The van der Waals surface area contributed by atoms with Gasteiger partial charge in [-0.15, -0.1) is 0 Å². The SMILES string of the molecule is CC(=O)Nc1nc(C)c(-c2ccc(Cl)nc2)s1.O=C(O)C(F)(F)F. The molecule has 0 aliphatic carbocycles. The minimum atomic E-state index is -5.08. The summed E-state index contributed by atoms with van der Waals surface area (Å²) in [7, 11) is 0. The van der Waals surface area contributed by atoms with Crippen LogP contribution in [0.3, 0.4) is 0 Å². The van der Waals surface area contributed by atoms with Crippen LogP contribution in [0.25, 0.3) is 10.4 Å². The summed E-state index contributed by atoms with van der Waals surface area (Å²) in [6.07, 6.45) is -3.39. The van der Waals surface area contributed by atoms with Crippen LogP contribution >= 0.6 is 22.9 Å². The molecule has 0 atom stereocenters. The van der Waals surface area contributed by atoms with E-state index in [2.05, 4.69) is 15.3 Å². The summed E-state index contributed by atoms with van der Waals surface area (Å²) in [5, 5.41) is 10.8. The third-order valence-corrected chi connectivity index (χ3v) is 3.66. The van der Waals surface area contributed by atoms with Gasteiger partial charge < -0.3 is 10.4 Å². The Hall–Kier alpha value is -2.20. The standard InChI is InChI=1S/C11H10ClN3OS.C2HF3O2/c1-6-10(8-3-4-9(12)13-5-8)17-11(14-6)15-7(2)16;3-2(4,5)1(6)7/h3-5H,1-2H3,(H,14,15,16);(H,6,7). The number of carbonyl (C=O) groups excluding carboxylic acids is 1. The molecule has 0 aliphatic heterocycles. The number of carboxylic acid groups (broad SMARTS) is 1. The number of anilines is 1. The van der Waals surface area contributed by atoms with Crippen molar-refractivity contribution in [3.63, 3.8) is 0 Å². The molecule has 0 radical (unpaired) electrons. The maximum absolute atomic E-state index is 10.9. The molecule has 0 aromatic carbocycles. The van der Waals surface area contributed by atoms with E-state index in [0.29, 0.717) is 10.3 Å². The zero-order valence-electron chi connectivity index (χ0n) is 12.3. The maximum atomic E-state index is 10.9. The maximum Gasteiger partial charge on any atom is 0.490 e. The molecule has 6 nitrogen and oxygen atoms in total. The Labute approximate surface area is 143 Å². The van der Waals surface area contributed by atoms with E-state index in [-0.39, 0.29) is 5.91 Å². The van der Waals surface area contributed by atoms with Crippen molar-refractivity contribution in [1.29, 1.82) is 0 Å². The van der Waals surface area contributed by atoms with Gasteiger partial charge in [0.15, 0.2) is 5.13 Å². The van der Waals surface area contributed by atoms with E-state index in [0.717, 1.165) is 16.1 Å². The predicted molar refractivity (Wildman–Crippen MR) is 83.1 cm³/mol. The van der Waals surface area contributed by atoms with Crippen molar-refractivity contribution in [3.8, 4) is 10.4 Å². The first-order chi connectivity index (χ1) is 11.0. The highest BCUT2D eigenvalue weighted by atomic mass is 35.5. The minimum Gasteiger partial charge on any atom is -0.475 e. The Balaban J connectivity index is 0.000000351. The van der Waals surface area contributed by atoms with Gasteiger partial charge in [0.05, 0.1) is 10.6 Å². The number of carboxylic acids is 1. The van der Waals surface area contributed by atoms with E-state index in [9.17, 15) is 18.0 Å². The molecule has 0 saturated carbocycles. The number of pyridine rings is 1. The molecule has 1 amide bonds. The van der Waals surface area contributed by atoms with Crippen LogP contribution in [0.1, 0.15) is 12.6 Å². The molecule has 24 heavy (non-hydrogen) atoms. The lowest BCUT2D eigenvalue weighted by Gasteiger charge is -1.97. The summed E-state index contributed by atoms with van der Waals surface area (Å²) in [5.41, 5.74) is 1.81. The van der Waals surface area contributed by atoms with Gasteiger partial charge in [-0.3, -0.25) is 4.79 Å². The molecule has 2 aromatic heterocycles. The lowest BCUT2D eigenvalue weighted by Crippen LogP contribution is -2.21. The smallest absolute Gasteiger partial charge is 0.475 e. The molecule has 2 rings (SSSR count). The number of aliphatic carboxylic acids is 1. The minimum absolute atomic E-state index is 0.125. The summed E-state index contributed by atoms with van der Waals surface area (Å²) < 4.78 is 31.7. The van der Waals surface area contributed by atoms with Gasteiger partial charge in [0.25, 0.3) is 0 Å². The number of carbonyl (C=O) groups is 2. The van der Waals surface area contributed by atoms with Gasteiger partial charge in [0.2, 0.25) is 5.91 Å². The van der Waals surface area contributed by atoms with Crippen molar-refractivity contribution >= 4 is 39.9 Å². The van der Waals surface area contributed by atoms with Crippen LogP contribution in [0.2, 0.25) is 5.15 Å². The van der Waals surface area contributed by atoms with Gasteiger partial charge in [-0.05, 0) is 19.1 Å². The van der Waals surface area contributed by atoms with Gasteiger partial charge in [-0.2, -0.15) is 13.2 Å². The zero-order chi connectivity index (χ0) is 18.5. The first-order valence-corrected chi connectivity index (χ1v) is 7.37. The molecule has 0 aliphatic rings. The van der Waals surface area contributed by atoms with E-state index in [4.69, 9.17) is 21.5 Å². The Bertz CT molecular complexity index is 732. The highest BCUT2D eigenvalue weighted by molar-refractivity contribution is 7.19. The molecule has 2 aromatic rings. The molecule has 0 bridgehead atoms. The van der Waals surface area contributed by atoms with Crippen molar-refractivity contribution < 1.29 is 27.9 Å². The molecule has 0 fully saturated rings. The van der Waals surface area contributed by atoms with Crippen LogP contribution in [0.5, 0.6) is 0 Å². The number of nitrogens with one attached hydrogen (secondary N) is 1. The second kappa shape index (κ2) is 8.06. The third kappa shape index (κ3) is 6.13. The fourth-order valence-corrected chi connectivity index (χ4v) is 2.49. The fourth-order valence-electron chi connectivity index (χ4n) is 1.38. The van der Waals surface area contributed by atoms with Crippen LogP contribution in [-0.2, 0) is 9.59 Å². The molecule has 0 saturated heterocycles. The normalized spacial score (nSPS) is 10.6. The highest BCUT2D eigenvalue weighted by Crippen LogP contribution is 2.32. The summed E-state index contributed by atoms with van der Waals surface area (Å²) in [4.78, 5) is 29.1. The van der Waals surface area contributed by atoms with Crippen LogP contribution < -0.4 is 5.32 Å². The number of aromatic nitrogens is 2. The Kier molecular flexibility index (Phi) is 6.67. The van der Waals surface area contributed by atoms with Crippen molar-refractivity contribution in [2.24, 2.45) is 0 Å². The molecule has 2 heterocycles. The zero-order valence-corrected chi connectivity index (χ0v) is 13.9. The number of aryl methyl sites for hydroxylation is 1. The lowest BCUT2D eigenvalue weighted by molar-refractivity contribution is -0.192. The number of thiazole rings is 1. The van der Waals surface area contributed by atoms with Crippen molar-refractivity contribution in [2.75, 3.05) is 5.32 Å².